The van der Waals surface area contributed by atoms with Gasteiger partial charge in [0.2, 0.25) is 11.7 Å². The maximum Gasteiger partial charge on any atom is 0.449 e. The molecule has 0 saturated heterocycles. The van der Waals surface area contributed by atoms with E-state index in [9.17, 15) is 18.0 Å². The summed E-state index contributed by atoms with van der Waals surface area (Å²) < 4.78 is 40.9. The molecule has 0 aliphatic rings. The predicted octanol–water partition coefficient (Wildman–Crippen LogP) is 4.37. The molecule has 0 saturated carbocycles. The second-order valence-corrected chi connectivity index (χ2v) is 6.33. The first-order valence-electron chi connectivity index (χ1n) is 8.74. The van der Waals surface area contributed by atoms with Gasteiger partial charge in [-0.3, -0.25) is 4.79 Å². The van der Waals surface area contributed by atoms with Gasteiger partial charge in [0.25, 0.3) is 0 Å². The molecule has 0 bridgehead atoms. The van der Waals surface area contributed by atoms with E-state index in [1.54, 1.807) is 12.1 Å². The van der Waals surface area contributed by atoms with Crippen LogP contribution in [0.3, 0.4) is 0 Å². The van der Waals surface area contributed by atoms with Crippen LogP contribution in [-0.4, -0.2) is 22.0 Å². The van der Waals surface area contributed by atoms with Gasteiger partial charge in [-0.15, -0.1) is 0 Å². The molecule has 1 amide bonds. The number of carbonyl (C=O) groups excluding carboxylic acids is 1. The number of halogens is 3. The Hall–Kier alpha value is -2.83. The lowest BCUT2D eigenvalue weighted by atomic mass is 9.96. The fraction of sp³-hybridized carbons (Fsp3) is 0.300. The molecule has 1 heterocycles. The number of carbonyl (C=O) groups is 1. The molecular weight excluding hydrogens is 355 g/mol. The molecule has 142 valence electrons. The van der Waals surface area contributed by atoms with E-state index in [4.69, 9.17) is 0 Å². The molecule has 1 unspecified atom stereocenters. The minimum Gasteiger partial charge on any atom is -0.354 e. The topological polar surface area (TPSA) is 46.9 Å². The summed E-state index contributed by atoms with van der Waals surface area (Å²) in [4.78, 5) is 16.0. The summed E-state index contributed by atoms with van der Waals surface area (Å²) in [7, 11) is 0. The van der Waals surface area contributed by atoms with E-state index in [0.29, 0.717) is 6.54 Å². The Morgan fingerprint density at radius 1 is 1.11 bits per heavy atom. The summed E-state index contributed by atoms with van der Waals surface area (Å²) in [5.74, 6) is -1.43. The highest BCUT2D eigenvalue weighted by Gasteiger charge is 2.38. The lowest BCUT2D eigenvalue weighted by molar-refractivity contribution is -0.147. The van der Waals surface area contributed by atoms with Crippen LogP contribution in [0.2, 0.25) is 0 Å². The van der Waals surface area contributed by atoms with E-state index in [1.807, 2.05) is 37.3 Å². The van der Waals surface area contributed by atoms with Crippen molar-refractivity contribution in [3.8, 4) is 0 Å². The summed E-state index contributed by atoms with van der Waals surface area (Å²) in [6.45, 7) is 1.95. The Bertz CT molecular complexity index is 919. The van der Waals surface area contributed by atoms with Gasteiger partial charge in [-0.1, -0.05) is 49.4 Å². The van der Waals surface area contributed by atoms with Gasteiger partial charge in [0.15, 0.2) is 0 Å². The van der Waals surface area contributed by atoms with Crippen LogP contribution in [-0.2, 0) is 17.5 Å². The Balaban J connectivity index is 1.76. The minimum absolute atomic E-state index is 0.108. The van der Waals surface area contributed by atoms with Crippen molar-refractivity contribution in [2.75, 3.05) is 6.54 Å². The van der Waals surface area contributed by atoms with E-state index in [1.165, 1.54) is 12.1 Å². The van der Waals surface area contributed by atoms with Crippen LogP contribution in [0.1, 0.15) is 30.7 Å². The van der Waals surface area contributed by atoms with E-state index in [2.05, 4.69) is 10.3 Å². The van der Waals surface area contributed by atoms with Crippen LogP contribution in [0, 0.1) is 0 Å². The molecule has 1 aromatic heterocycles. The fourth-order valence-corrected chi connectivity index (χ4v) is 3.11. The fourth-order valence-electron chi connectivity index (χ4n) is 3.11. The van der Waals surface area contributed by atoms with Gasteiger partial charge in [0.1, 0.15) is 6.54 Å². The van der Waals surface area contributed by atoms with Crippen molar-refractivity contribution < 1.29 is 18.0 Å². The van der Waals surface area contributed by atoms with Gasteiger partial charge in [-0.25, -0.2) is 4.98 Å². The van der Waals surface area contributed by atoms with Crippen molar-refractivity contribution in [3.05, 3.63) is 66.0 Å². The number of para-hydroxylation sites is 2. The number of imidazole rings is 1. The van der Waals surface area contributed by atoms with E-state index in [-0.39, 0.29) is 17.0 Å². The third-order valence-electron chi connectivity index (χ3n) is 4.52. The smallest absolute Gasteiger partial charge is 0.354 e. The highest BCUT2D eigenvalue weighted by molar-refractivity contribution is 5.81. The zero-order valence-corrected chi connectivity index (χ0v) is 14.8. The number of alkyl halides is 3. The summed E-state index contributed by atoms with van der Waals surface area (Å²) in [5.41, 5.74) is 1.59. The predicted molar refractivity (Wildman–Crippen MR) is 97.2 cm³/mol. The molecular formula is C20H20F3N3O. The van der Waals surface area contributed by atoms with Crippen molar-refractivity contribution in [1.29, 1.82) is 0 Å². The zero-order chi connectivity index (χ0) is 19.4. The molecule has 1 N–H and O–H groups in total. The van der Waals surface area contributed by atoms with Gasteiger partial charge >= 0.3 is 6.18 Å². The number of nitrogens with zero attached hydrogens (tertiary/aromatic N) is 2. The SMILES string of the molecule is CCC(CNC(=O)Cn1c(C(F)(F)F)nc2ccccc21)c1ccccc1. The van der Waals surface area contributed by atoms with Gasteiger partial charge in [-0.05, 0) is 24.1 Å². The average molecular weight is 375 g/mol. The number of benzene rings is 2. The Kier molecular flexibility index (Phi) is 5.48. The summed E-state index contributed by atoms with van der Waals surface area (Å²) >= 11 is 0. The van der Waals surface area contributed by atoms with Crippen molar-refractivity contribution in [2.45, 2.75) is 32.0 Å². The zero-order valence-electron chi connectivity index (χ0n) is 14.8. The summed E-state index contributed by atoms with van der Waals surface area (Å²) in [6, 6.07) is 16.0. The molecule has 3 aromatic rings. The number of hydrogen-bond donors (Lipinski definition) is 1. The number of amides is 1. The minimum atomic E-state index is -4.63. The highest BCUT2D eigenvalue weighted by Crippen LogP contribution is 2.31. The first kappa shape index (κ1) is 18.9. The number of rotatable bonds is 6. The van der Waals surface area contributed by atoms with Crippen LogP contribution in [0.4, 0.5) is 13.2 Å². The first-order valence-corrected chi connectivity index (χ1v) is 8.74. The Labute approximate surface area is 155 Å². The van der Waals surface area contributed by atoms with E-state index >= 15 is 0 Å². The number of aromatic nitrogens is 2. The molecule has 0 fully saturated rings. The van der Waals surface area contributed by atoms with Crippen LogP contribution in [0.15, 0.2) is 54.6 Å². The standard InChI is InChI=1S/C20H20F3N3O/c1-2-14(15-8-4-3-5-9-15)12-24-18(27)13-26-17-11-7-6-10-16(17)25-19(26)20(21,22)23/h3-11,14H,2,12-13H2,1H3,(H,24,27). The molecule has 0 aliphatic carbocycles. The monoisotopic (exact) mass is 375 g/mol. The average Bonchev–Trinajstić information content (AvgIpc) is 3.02. The number of hydrogen-bond acceptors (Lipinski definition) is 2. The maximum atomic E-state index is 13.3. The second-order valence-electron chi connectivity index (χ2n) is 6.33. The Morgan fingerprint density at radius 2 is 1.78 bits per heavy atom. The lowest BCUT2D eigenvalue weighted by Crippen LogP contribution is -2.32. The third kappa shape index (κ3) is 4.30. The lowest BCUT2D eigenvalue weighted by Gasteiger charge is -2.17. The van der Waals surface area contributed by atoms with E-state index in [0.717, 1.165) is 16.6 Å². The quantitative estimate of drug-likeness (QED) is 0.696. The van der Waals surface area contributed by atoms with Crippen molar-refractivity contribution >= 4 is 16.9 Å². The normalized spacial score (nSPS) is 12.9. The van der Waals surface area contributed by atoms with Crippen LogP contribution >= 0.6 is 0 Å². The van der Waals surface area contributed by atoms with Crippen molar-refractivity contribution in [1.82, 2.24) is 14.9 Å². The molecule has 4 nitrogen and oxygen atoms in total. The largest absolute Gasteiger partial charge is 0.449 e. The van der Waals surface area contributed by atoms with Crippen LogP contribution < -0.4 is 5.32 Å². The molecule has 0 aliphatic heterocycles. The molecule has 2 aromatic carbocycles. The van der Waals surface area contributed by atoms with Crippen molar-refractivity contribution in [3.63, 3.8) is 0 Å². The van der Waals surface area contributed by atoms with Gasteiger partial charge in [0, 0.05) is 12.5 Å². The van der Waals surface area contributed by atoms with Gasteiger partial charge < -0.3 is 9.88 Å². The number of nitrogens with one attached hydrogen (secondary N) is 1. The molecule has 3 rings (SSSR count). The van der Waals surface area contributed by atoms with Gasteiger partial charge in [-0.2, -0.15) is 13.2 Å². The highest BCUT2D eigenvalue weighted by atomic mass is 19.4. The molecule has 1 atom stereocenters. The van der Waals surface area contributed by atoms with E-state index < -0.39 is 24.5 Å². The maximum absolute atomic E-state index is 13.3. The molecule has 0 radical (unpaired) electrons. The van der Waals surface area contributed by atoms with Crippen LogP contribution in [0.25, 0.3) is 11.0 Å². The van der Waals surface area contributed by atoms with Gasteiger partial charge in [0.05, 0.1) is 11.0 Å². The molecule has 7 heteroatoms. The first-order chi connectivity index (χ1) is 12.9. The number of fused-ring (bicyclic) bond motifs is 1. The molecule has 27 heavy (non-hydrogen) atoms. The third-order valence-corrected chi connectivity index (χ3v) is 4.52. The second kappa shape index (κ2) is 7.82. The summed E-state index contributed by atoms with van der Waals surface area (Å²) in [5, 5.41) is 2.76. The molecule has 0 spiro atoms. The Morgan fingerprint density at radius 3 is 2.44 bits per heavy atom. The van der Waals surface area contributed by atoms with Crippen molar-refractivity contribution in [2.24, 2.45) is 0 Å². The van der Waals surface area contributed by atoms with Crippen LogP contribution in [0.5, 0.6) is 0 Å². The summed E-state index contributed by atoms with van der Waals surface area (Å²) in [6.07, 6.45) is -3.82.